The van der Waals surface area contributed by atoms with E-state index >= 15 is 0 Å². The summed E-state index contributed by atoms with van der Waals surface area (Å²) in [5.41, 5.74) is 7.20. The third-order valence-corrected chi connectivity index (χ3v) is 6.23. The number of nitrogens with zero attached hydrogens (tertiary/aromatic N) is 3. The maximum atomic E-state index is 12.6. The second-order valence-corrected chi connectivity index (χ2v) is 8.06. The largest absolute Gasteiger partial charge is 0.343 e. The molecule has 0 aromatic heterocycles. The van der Waals surface area contributed by atoms with E-state index in [1.165, 1.54) is 0 Å². The Morgan fingerprint density at radius 2 is 1.57 bits per heavy atom. The van der Waals surface area contributed by atoms with Crippen molar-refractivity contribution in [3.05, 3.63) is 35.9 Å². The van der Waals surface area contributed by atoms with Crippen LogP contribution in [-0.2, 0) is 9.59 Å². The molecule has 1 atom stereocenters. The van der Waals surface area contributed by atoms with Crippen LogP contribution in [0, 0.1) is 5.92 Å². The van der Waals surface area contributed by atoms with Crippen LogP contribution in [0.15, 0.2) is 30.3 Å². The average molecular weight is 387 g/mol. The Labute approximate surface area is 168 Å². The second kappa shape index (κ2) is 10.0. The summed E-state index contributed by atoms with van der Waals surface area (Å²) in [5.74, 6) is 0.798. The van der Waals surface area contributed by atoms with Gasteiger partial charge in [-0.2, -0.15) is 0 Å². The van der Waals surface area contributed by atoms with E-state index < -0.39 is 0 Å². The predicted molar refractivity (Wildman–Crippen MR) is 111 cm³/mol. The van der Waals surface area contributed by atoms with Crippen molar-refractivity contribution < 1.29 is 9.59 Å². The lowest BCUT2D eigenvalue weighted by Gasteiger charge is -2.36. The molecule has 3 rings (SSSR count). The van der Waals surface area contributed by atoms with Gasteiger partial charge in [0.1, 0.15) is 0 Å². The van der Waals surface area contributed by atoms with Gasteiger partial charge in [-0.3, -0.25) is 9.59 Å². The third kappa shape index (κ3) is 5.55. The Morgan fingerprint density at radius 1 is 0.964 bits per heavy atom. The SMILES string of the molecule is CCN1CCN(C(=O)CC2CCN(C(=O)CC(N)c3ccccc3)CC2)CC1. The molecule has 2 N–H and O–H groups in total. The molecule has 6 heteroatoms. The summed E-state index contributed by atoms with van der Waals surface area (Å²) in [7, 11) is 0. The summed E-state index contributed by atoms with van der Waals surface area (Å²) in [6.07, 6.45) is 2.78. The minimum absolute atomic E-state index is 0.122. The smallest absolute Gasteiger partial charge is 0.224 e. The molecule has 1 aromatic rings. The molecule has 1 unspecified atom stereocenters. The van der Waals surface area contributed by atoms with E-state index in [2.05, 4.69) is 11.8 Å². The van der Waals surface area contributed by atoms with E-state index in [1.807, 2.05) is 40.1 Å². The second-order valence-electron chi connectivity index (χ2n) is 8.06. The van der Waals surface area contributed by atoms with Crippen molar-refractivity contribution in [1.29, 1.82) is 0 Å². The minimum atomic E-state index is -0.255. The number of rotatable bonds is 6. The van der Waals surface area contributed by atoms with Gasteiger partial charge in [0.05, 0.1) is 0 Å². The van der Waals surface area contributed by atoms with Gasteiger partial charge in [-0.05, 0) is 30.9 Å². The maximum Gasteiger partial charge on any atom is 0.224 e. The highest BCUT2D eigenvalue weighted by Crippen LogP contribution is 2.23. The number of likely N-dealkylation sites (tertiary alicyclic amines) is 1. The molecule has 28 heavy (non-hydrogen) atoms. The zero-order valence-electron chi connectivity index (χ0n) is 17.1. The van der Waals surface area contributed by atoms with Gasteiger partial charge < -0.3 is 20.4 Å². The molecular formula is C22H34N4O2. The summed E-state index contributed by atoms with van der Waals surface area (Å²) in [5, 5.41) is 0. The van der Waals surface area contributed by atoms with Crippen molar-refractivity contribution in [2.45, 2.75) is 38.6 Å². The van der Waals surface area contributed by atoms with Crippen LogP contribution in [0.5, 0.6) is 0 Å². The van der Waals surface area contributed by atoms with Gasteiger partial charge in [-0.1, -0.05) is 37.3 Å². The molecule has 154 valence electrons. The van der Waals surface area contributed by atoms with E-state index in [4.69, 9.17) is 5.73 Å². The van der Waals surface area contributed by atoms with E-state index in [0.29, 0.717) is 18.8 Å². The Balaban J connectivity index is 1.39. The van der Waals surface area contributed by atoms with Crippen LogP contribution in [0.2, 0.25) is 0 Å². The van der Waals surface area contributed by atoms with Crippen molar-refractivity contribution in [2.75, 3.05) is 45.8 Å². The van der Waals surface area contributed by atoms with Gasteiger partial charge in [0.25, 0.3) is 0 Å². The standard InChI is InChI=1S/C22H34N4O2/c1-2-24-12-14-26(15-13-24)21(27)16-18-8-10-25(11-9-18)22(28)17-20(23)19-6-4-3-5-7-19/h3-7,18,20H,2,8-17,23H2,1H3. The number of piperidine rings is 1. The highest BCUT2D eigenvalue weighted by molar-refractivity contribution is 5.78. The zero-order chi connectivity index (χ0) is 19.9. The molecule has 0 aliphatic carbocycles. The fourth-order valence-electron chi connectivity index (χ4n) is 4.21. The summed E-state index contributed by atoms with van der Waals surface area (Å²) < 4.78 is 0. The molecule has 6 nitrogen and oxygen atoms in total. The summed E-state index contributed by atoms with van der Waals surface area (Å²) in [4.78, 5) is 31.5. The van der Waals surface area contributed by atoms with Crippen molar-refractivity contribution in [1.82, 2.24) is 14.7 Å². The van der Waals surface area contributed by atoms with Crippen molar-refractivity contribution in [3.63, 3.8) is 0 Å². The van der Waals surface area contributed by atoms with Crippen LogP contribution in [0.1, 0.15) is 44.2 Å². The fourth-order valence-corrected chi connectivity index (χ4v) is 4.21. The maximum absolute atomic E-state index is 12.6. The number of hydrogen-bond donors (Lipinski definition) is 1. The first-order valence-corrected chi connectivity index (χ1v) is 10.6. The molecule has 2 amide bonds. The summed E-state index contributed by atoms with van der Waals surface area (Å²) in [6, 6.07) is 9.53. The number of likely N-dealkylation sites (N-methyl/N-ethyl adjacent to an activating group) is 1. The van der Waals surface area contributed by atoms with Gasteiger partial charge in [0.15, 0.2) is 0 Å². The quantitative estimate of drug-likeness (QED) is 0.810. The first-order chi connectivity index (χ1) is 13.6. The molecule has 2 aliphatic rings. The van der Waals surface area contributed by atoms with Crippen molar-refractivity contribution in [2.24, 2.45) is 11.7 Å². The Hall–Kier alpha value is -1.92. The number of carbonyl (C=O) groups is 2. The molecular weight excluding hydrogens is 352 g/mol. The first kappa shape index (κ1) is 20.8. The molecule has 0 saturated carbocycles. The molecule has 1 aromatic carbocycles. The predicted octanol–water partition coefficient (Wildman–Crippen LogP) is 1.87. The van der Waals surface area contributed by atoms with Crippen LogP contribution in [0.4, 0.5) is 0 Å². The van der Waals surface area contributed by atoms with Crippen LogP contribution in [0.3, 0.4) is 0 Å². The number of amides is 2. The highest BCUT2D eigenvalue weighted by Gasteiger charge is 2.28. The van der Waals surface area contributed by atoms with E-state index in [9.17, 15) is 9.59 Å². The molecule has 2 saturated heterocycles. The van der Waals surface area contributed by atoms with Crippen LogP contribution in [-0.4, -0.2) is 72.3 Å². The number of hydrogen-bond acceptors (Lipinski definition) is 4. The molecule has 0 radical (unpaired) electrons. The summed E-state index contributed by atoms with van der Waals surface area (Å²) in [6.45, 7) is 8.36. The van der Waals surface area contributed by atoms with E-state index in [1.54, 1.807) is 0 Å². The number of nitrogens with two attached hydrogens (primary N) is 1. The van der Waals surface area contributed by atoms with Gasteiger partial charge in [-0.25, -0.2) is 0 Å². The Kier molecular flexibility index (Phi) is 7.45. The van der Waals surface area contributed by atoms with E-state index in [-0.39, 0.29) is 17.9 Å². The van der Waals surface area contributed by atoms with Crippen LogP contribution >= 0.6 is 0 Å². The lowest BCUT2D eigenvalue weighted by molar-refractivity contribution is -0.135. The molecule has 2 fully saturated rings. The highest BCUT2D eigenvalue weighted by atomic mass is 16.2. The normalized spacial score (nSPS) is 20.2. The molecule has 0 bridgehead atoms. The molecule has 0 spiro atoms. The molecule has 2 heterocycles. The van der Waals surface area contributed by atoms with Crippen LogP contribution < -0.4 is 5.73 Å². The Morgan fingerprint density at radius 3 is 2.18 bits per heavy atom. The van der Waals surface area contributed by atoms with Crippen LogP contribution in [0.25, 0.3) is 0 Å². The fraction of sp³-hybridized carbons (Fsp3) is 0.636. The molecule has 2 aliphatic heterocycles. The third-order valence-electron chi connectivity index (χ3n) is 6.23. The van der Waals surface area contributed by atoms with Gasteiger partial charge >= 0.3 is 0 Å². The van der Waals surface area contributed by atoms with Gasteiger partial charge in [-0.15, -0.1) is 0 Å². The number of piperazine rings is 1. The van der Waals surface area contributed by atoms with E-state index in [0.717, 1.165) is 64.2 Å². The minimum Gasteiger partial charge on any atom is -0.343 e. The van der Waals surface area contributed by atoms with Crippen molar-refractivity contribution in [3.8, 4) is 0 Å². The lowest BCUT2D eigenvalue weighted by atomic mass is 9.92. The number of benzene rings is 1. The Bertz CT molecular complexity index is 635. The summed E-state index contributed by atoms with van der Waals surface area (Å²) >= 11 is 0. The topological polar surface area (TPSA) is 69.9 Å². The van der Waals surface area contributed by atoms with Gasteiger partial charge in [0, 0.05) is 58.2 Å². The van der Waals surface area contributed by atoms with Gasteiger partial charge in [0.2, 0.25) is 11.8 Å². The zero-order valence-corrected chi connectivity index (χ0v) is 17.1. The lowest BCUT2D eigenvalue weighted by Crippen LogP contribution is -2.49. The number of carbonyl (C=O) groups excluding carboxylic acids is 2. The monoisotopic (exact) mass is 386 g/mol. The first-order valence-electron chi connectivity index (χ1n) is 10.6. The van der Waals surface area contributed by atoms with Crippen molar-refractivity contribution >= 4 is 11.8 Å². The average Bonchev–Trinajstić information content (AvgIpc) is 2.74.